The van der Waals surface area contributed by atoms with Crippen LogP contribution in [0.4, 0.5) is 0 Å². The molecule has 0 fully saturated rings. The molecule has 0 aliphatic rings. The number of benzene rings is 2. The van der Waals surface area contributed by atoms with E-state index in [0.717, 1.165) is 10.9 Å². The van der Waals surface area contributed by atoms with Gasteiger partial charge in [0, 0.05) is 88.9 Å². The number of hydrogen-bond donors (Lipinski definition) is 2. The molecule has 0 saturated carbocycles. The summed E-state index contributed by atoms with van der Waals surface area (Å²) in [5, 5.41) is 20.5. The molecular formula is C65H94N4O23. The van der Waals surface area contributed by atoms with E-state index in [-0.39, 0.29) is 185 Å². The lowest BCUT2D eigenvalue weighted by molar-refractivity contribution is -0.153. The first-order valence-corrected chi connectivity index (χ1v) is 30.8. The summed E-state index contributed by atoms with van der Waals surface area (Å²) in [6, 6.07) is 10.5. The Bertz CT molecular complexity index is 2940. The number of carbonyl (C=O) groups is 10. The Labute approximate surface area is 537 Å². The summed E-state index contributed by atoms with van der Waals surface area (Å²) < 4.78 is 53.8. The van der Waals surface area contributed by atoms with Gasteiger partial charge in [-0.15, -0.1) is 0 Å². The molecule has 3 aromatic rings. The maximum absolute atomic E-state index is 13.5. The summed E-state index contributed by atoms with van der Waals surface area (Å²) in [6.45, 7) is 12.5. The predicted octanol–water partition coefficient (Wildman–Crippen LogP) is 5.18. The number of phenolic OH excluding ortho intramolecular Hbond substituents is 2. The molecule has 0 saturated heterocycles. The molecule has 0 radical (unpaired) electrons. The second-order valence-electron chi connectivity index (χ2n) is 23.4. The van der Waals surface area contributed by atoms with Crippen LogP contribution in [-0.4, -0.2) is 221 Å². The average Bonchev–Trinajstić information content (AvgIpc) is 0.875. The van der Waals surface area contributed by atoms with Crippen LogP contribution in [0.15, 0.2) is 51.7 Å². The first-order valence-electron chi connectivity index (χ1n) is 30.8. The zero-order valence-corrected chi connectivity index (χ0v) is 54.8. The number of ether oxygens (including phenoxy) is 9. The number of nitrogens with zero attached hydrogens (tertiary/aromatic N) is 4. The van der Waals surface area contributed by atoms with E-state index < -0.39 is 65.2 Å². The van der Waals surface area contributed by atoms with Gasteiger partial charge >= 0.3 is 35.5 Å². The van der Waals surface area contributed by atoms with Gasteiger partial charge in [-0.3, -0.25) is 47.9 Å². The third-order valence-electron chi connectivity index (χ3n) is 14.0. The van der Waals surface area contributed by atoms with Gasteiger partial charge < -0.3 is 76.9 Å². The first kappa shape index (κ1) is 78.1. The minimum atomic E-state index is -0.805. The lowest BCUT2D eigenvalue weighted by Crippen LogP contribution is -2.40. The van der Waals surface area contributed by atoms with Crippen LogP contribution in [0.3, 0.4) is 0 Å². The average molecular weight is 1300 g/mol. The number of fused-ring (bicyclic) bond motifs is 1. The molecule has 92 heavy (non-hydrogen) atoms. The van der Waals surface area contributed by atoms with Crippen molar-refractivity contribution in [2.75, 3.05) is 126 Å². The lowest BCUT2D eigenvalue weighted by Gasteiger charge is -2.26. The minimum Gasteiger partial charge on any atom is -0.504 e. The summed E-state index contributed by atoms with van der Waals surface area (Å²) in [5.74, 6) is -5.58. The summed E-state index contributed by atoms with van der Waals surface area (Å²) >= 11 is 0. The number of rotatable bonds is 44. The number of carbonyl (C=O) groups excluding carboxylic acids is 10. The van der Waals surface area contributed by atoms with Gasteiger partial charge in [-0.1, -0.05) is 26.8 Å². The summed E-state index contributed by atoms with van der Waals surface area (Å²) in [6.07, 6.45) is -1.59. The Kier molecular flexibility index (Phi) is 35.1. The van der Waals surface area contributed by atoms with Crippen LogP contribution in [0.1, 0.15) is 123 Å². The molecule has 2 N–H and O–H groups in total. The molecule has 27 heteroatoms. The number of phenols is 2. The fourth-order valence-electron chi connectivity index (χ4n) is 8.65. The van der Waals surface area contributed by atoms with Crippen molar-refractivity contribution in [2.24, 2.45) is 5.41 Å². The third kappa shape index (κ3) is 32.2. The first-order chi connectivity index (χ1) is 43.6. The van der Waals surface area contributed by atoms with Gasteiger partial charge in [0.15, 0.2) is 11.5 Å². The van der Waals surface area contributed by atoms with Gasteiger partial charge in [0.25, 0.3) is 0 Å². The van der Waals surface area contributed by atoms with Gasteiger partial charge in [0.05, 0.1) is 96.9 Å². The van der Waals surface area contributed by atoms with E-state index in [0.29, 0.717) is 43.2 Å². The molecule has 3 rings (SSSR count). The van der Waals surface area contributed by atoms with Gasteiger partial charge in [0.2, 0.25) is 23.6 Å². The maximum Gasteiger partial charge on any atom is 0.336 e. The molecule has 1 heterocycles. The predicted molar refractivity (Wildman–Crippen MR) is 332 cm³/mol. The molecule has 1 aromatic heterocycles. The number of methoxy groups -OCH3 is 2. The second-order valence-corrected chi connectivity index (χ2v) is 23.4. The lowest BCUT2D eigenvalue weighted by atomic mass is 9.88. The number of esters is 5. The van der Waals surface area contributed by atoms with Crippen molar-refractivity contribution in [1.29, 1.82) is 0 Å². The number of aromatic hydroxyl groups is 2. The largest absolute Gasteiger partial charge is 0.504 e. The molecule has 0 bridgehead atoms. The highest BCUT2D eigenvalue weighted by Gasteiger charge is 2.25. The maximum atomic E-state index is 13.5. The summed E-state index contributed by atoms with van der Waals surface area (Å²) in [7, 11) is 3.04. The number of amides is 4. The zero-order chi connectivity index (χ0) is 68.2. The normalized spacial score (nSPS) is 11.3. The molecule has 4 amide bonds. The Morgan fingerprint density at radius 1 is 0.457 bits per heavy atom. The summed E-state index contributed by atoms with van der Waals surface area (Å²) in [5.41, 5.74) is 0.00157. The SMILES string of the molecule is COCCN(CCOC)C(=O)CCC(=O)N(CCOC(=O)CCC(=O)OCCN(CCOC(=O)CCC(=O)OCCN(CCOC(=O)CCC(=O)C(C)(C)C)C(=O)CCCOc1ccc2c(C)cc(=O)oc2c1)C(=O)CCc1ccc(O)c(O)c1)CCOC(C)(C)C. The van der Waals surface area contributed by atoms with Gasteiger partial charge in [0.1, 0.15) is 50.2 Å². The highest BCUT2D eigenvalue weighted by Crippen LogP contribution is 2.26. The van der Waals surface area contributed by atoms with Crippen LogP contribution in [0.2, 0.25) is 0 Å². The minimum absolute atomic E-state index is 0.00533. The van der Waals surface area contributed by atoms with E-state index in [1.54, 1.807) is 50.8 Å². The van der Waals surface area contributed by atoms with E-state index >= 15 is 0 Å². The second kappa shape index (κ2) is 41.3. The van der Waals surface area contributed by atoms with Crippen molar-refractivity contribution in [2.45, 2.75) is 131 Å². The van der Waals surface area contributed by atoms with E-state index in [4.69, 9.17) is 47.0 Å². The van der Waals surface area contributed by atoms with Crippen LogP contribution >= 0.6 is 0 Å². The van der Waals surface area contributed by atoms with Crippen LogP contribution in [0.25, 0.3) is 11.0 Å². The van der Waals surface area contributed by atoms with Crippen LogP contribution in [0.5, 0.6) is 17.2 Å². The topological polar surface area (TPSA) is 337 Å². The molecule has 2 aromatic carbocycles. The highest BCUT2D eigenvalue weighted by atomic mass is 16.6. The molecule has 0 aliphatic carbocycles. The van der Waals surface area contributed by atoms with Crippen molar-refractivity contribution < 1.29 is 105 Å². The Morgan fingerprint density at radius 2 is 0.870 bits per heavy atom. The molecule has 0 unspecified atom stereocenters. The standard InChI is InChI=1S/C65H94N4O23/c1-46-43-63(82)92-52-45-48(14-15-49(46)52)85-34-10-11-54(73)67(28-37-86-58(77)21-17-53(72)64(2,3)4)29-38-87-59(78)22-23-60(79)88-39-30-68(55(74)18-13-47-12-16-50(70)51(71)44-47)31-40-89-61(80)24-25-62(81)90-41-32-69(33-42-91-65(5,6)7)57(76)20-19-56(75)66(26-35-83-8)27-36-84-9/h12,14-16,43-45,70-71H,10-11,13,17-42H2,1-9H3. The van der Waals surface area contributed by atoms with Crippen molar-refractivity contribution in [3.63, 3.8) is 0 Å². The molecule has 512 valence electrons. The Balaban J connectivity index is 1.51. The van der Waals surface area contributed by atoms with Crippen molar-refractivity contribution in [3.05, 3.63) is 64.0 Å². The number of aryl methyl sites for hydroxylation is 2. The van der Waals surface area contributed by atoms with Gasteiger partial charge in [-0.2, -0.15) is 0 Å². The number of hydrogen-bond acceptors (Lipinski definition) is 23. The van der Waals surface area contributed by atoms with E-state index in [1.807, 2.05) is 20.8 Å². The van der Waals surface area contributed by atoms with E-state index in [1.165, 1.54) is 53.2 Å². The highest BCUT2D eigenvalue weighted by molar-refractivity contribution is 5.87. The number of ketones is 1. The molecular weight excluding hydrogens is 1200 g/mol. The van der Waals surface area contributed by atoms with Crippen molar-refractivity contribution >= 4 is 70.2 Å². The fourth-order valence-corrected chi connectivity index (χ4v) is 8.65. The zero-order valence-electron chi connectivity index (χ0n) is 54.8. The summed E-state index contributed by atoms with van der Waals surface area (Å²) in [4.78, 5) is 147. The van der Waals surface area contributed by atoms with Crippen LogP contribution in [0, 0.1) is 12.3 Å². The third-order valence-corrected chi connectivity index (χ3v) is 14.0. The Morgan fingerprint density at radius 3 is 1.29 bits per heavy atom. The molecule has 0 spiro atoms. The van der Waals surface area contributed by atoms with Crippen LogP contribution < -0.4 is 10.4 Å². The fraction of sp³-hybridized carbons (Fsp3) is 0.615. The van der Waals surface area contributed by atoms with Gasteiger partial charge in [-0.05, 0) is 75.9 Å². The Hall–Kier alpha value is -8.17. The monoisotopic (exact) mass is 1300 g/mol. The van der Waals surface area contributed by atoms with Gasteiger partial charge in [-0.25, -0.2) is 4.79 Å². The quantitative estimate of drug-likeness (QED) is 0.0242. The van der Waals surface area contributed by atoms with E-state index in [9.17, 15) is 63.0 Å². The molecule has 27 nitrogen and oxygen atoms in total. The van der Waals surface area contributed by atoms with Crippen LogP contribution in [-0.2, 0) is 92.3 Å². The number of Topliss-reactive ketones (excluding diaryl/α,β-unsaturated/α-hetero) is 1. The molecule has 0 atom stereocenters. The van der Waals surface area contributed by atoms with E-state index in [2.05, 4.69) is 0 Å². The molecule has 0 aliphatic heterocycles. The van der Waals surface area contributed by atoms with Crippen molar-refractivity contribution in [1.82, 2.24) is 19.6 Å². The smallest absolute Gasteiger partial charge is 0.336 e. The van der Waals surface area contributed by atoms with Crippen molar-refractivity contribution in [3.8, 4) is 17.2 Å².